The summed E-state index contributed by atoms with van der Waals surface area (Å²) in [5.41, 5.74) is 2.53. The van der Waals surface area contributed by atoms with E-state index >= 15 is 0 Å². The summed E-state index contributed by atoms with van der Waals surface area (Å²) < 4.78 is 0. The number of aliphatic imine (C=N–C) groups is 1. The molecule has 1 aliphatic carbocycles. The quantitative estimate of drug-likeness (QED) is 0.535. The van der Waals surface area contributed by atoms with E-state index in [-0.39, 0.29) is 0 Å². The van der Waals surface area contributed by atoms with Gasteiger partial charge in [-0.15, -0.1) is 0 Å². The molecule has 0 aromatic heterocycles. The molecular weight excluding hydrogens is 134 g/mol. The standard InChI is InChI=1S/C10H15N/c1-5-9-7(3)8(4)10(9)11-6-2/h5-8H,1H2,2-4H3. The fourth-order valence-electron chi connectivity index (χ4n) is 1.53. The van der Waals surface area contributed by atoms with Crippen LogP contribution in [0.1, 0.15) is 20.8 Å². The molecule has 2 atom stereocenters. The van der Waals surface area contributed by atoms with Crippen molar-refractivity contribution < 1.29 is 0 Å². The highest BCUT2D eigenvalue weighted by Crippen LogP contribution is 2.41. The maximum Gasteiger partial charge on any atom is 0.0468 e. The van der Waals surface area contributed by atoms with Crippen LogP contribution in [0.4, 0.5) is 0 Å². The van der Waals surface area contributed by atoms with Crippen molar-refractivity contribution in [2.24, 2.45) is 16.8 Å². The van der Waals surface area contributed by atoms with E-state index in [0.29, 0.717) is 11.8 Å². The molecular formula is C10H15N. The van der Waals surface area contributed by atoms with Crippen molar-refractivity contribution in [2.75, 3.05) is 0 Å². The summed E-state index contributed by atoms with van der Waals surface area (Å²) in [6.45, 7) is 10.1. The van der Waals surface area contributed by atoms with E-state index in [2.05, 4.69) is 25.4 Å². The minimum absolute atomic E-state index is 0.610. The Kier molecular flexibility index (Phi) is 2.28. The lowest BCUT2D eigenvalue weighted by atomic mass is 9.74. The first-order valence-electron chi connectivity index (χ1n) is 4.07. The molecule has 0 aliphatic heterocycles. The zero-order valence-electron chi connectivity index (χ0n) is 7.46. The molecule has 0 fully saturated rings. The Morgan fingerprint density at radius 3 is 2.45 bits per heavy atom. The minimum Gasteiger partial charge on any atom is -0.265 e. The van der Waals surface area contributed by atoms with Crippen molar-refractivity contribution in [1.82, 2.24) is 0 Å². The largest absolute Gasteiger partial charge is 0.265 e. The van der Waals surface area contributed by atoms with Crippen LogP contribution in [0.5, 0.6) is 0 Å². The lowest BCUT2D eigenvalue weighted by Crippen LogP contribution is -2.24. The zero-order valence-corrected chi connectivity index (χ0v) is 7.46. The molecule has 1 heteroatoms. The lowest BCUT2D eigenvalue weighted by molar-refractivity contribution is 0.434. The predicted molar refractivity (Wildman–Crippen MR) is 49.7 cm³/mol. The van der Waals surface area contributed by atoms with Crippen LogP contribution >= 0.6 is 0 Å². The molecule has 0 bridgehead atoms. The summed E-state index contributed by atoms with van der Waals surface area (Å²) in [5.74, 6) is 1.25. The molecule has 0 amide bonds. The van der Waals surface area contributed by atoms with Crippen LogP contribution in [0.3, 0.4) is 0 Å². The summed E-state index contributed by atoms with van der Waals surface area (Å²) in [6.07, 6.45) is 3.77. The van der Waals surface area contributed by atoms with E-state index < -0.39 is 0 Å². The summed E-state index contributed by atoms with van der Waals surface area (Å²) >= 11 is 0. The van der Waals surface area contributed by atoms with E-state index in [4.69, 9.17) is 0 Å². The Morgan fingerprint density at radius 2 is 2.00 bits per heavy atom. The molecule has 2 unspecified atom stereocenters. The summed E-state index contributed by atoms with van der Waals surface area (Å²) in [4.78, 5) is 4.30. The highest BCUT2D eigenvalue weighted by atomic mass is 14.8. The van der Waals surface area contributed by atoms with E-state index in [1.165, 1.54) is 11.3 Å². The molecule has 60 valence electrons. The molecule has 0 radical (unpaired) electrons. The summed E-state index contributed by atoms with van der Waals surface area (Å²) in [7, 11) is 0. The van der Waals surface area contributed by atoms with Gasteiger partial charge in [-0.05, 0) is 18.4 Å². The molecule has 0 aromatic carbocycles. The molecule has 0 heterocycles. The Balaban J connectivity index is 2.90. The Labute approximate surface area is 68.5 Å². The third-order valence-corrected chi connectivity index (χ3v) is 2.46. The molecule has 1 nitrogen and oxygen atoms in total. The molecule has 1 rings (SSSR count). The van der Waals surface area contributed by atoms with Gasteiger partial charge < -0.3 is 0 Å². The molecule has 0 saturated carbocycles. The van der Waals surface area contributed by atoms with Gasteiger partial charge in [0.25, 0.3) is 0 Å². The normalized spacial score (nSPS) is 30.8. The molecule has 0 spiro atoms. The van der Waals surface area contributed by atoms with Gasteiger partial charge in [-0.1, -0.05) is 26.5 Å². The number of allylic oxidation sites excluding steroid dienone is 3. The maximum absolute atomic E-state index is 4.30. The molecule has 0 aromatic rings. The number of hydrogen-bond acceptors (Lipinski definition) is 1. The van der Waals surface area contributed by atoms with E-state index in [0.717, 1.165) is 0 Å². The summed E-state index contributed by atoms with van der Waals surface area (Å²) in [6, 6.07) is 0. The average Bonchev–Trinajstić information content (AvgIpc) is 2.04. The third-order valence-electron chi connectivity index (χ3n) is 2.46. The fourth-order valence-corrected chi connectivity index (χ4v) is 1.53. The monoisotopic (exact) mass is 149 g/mol. The van der Waals surface area contributed by atoms with Crippen LogP contribution in [0.2, 0.25) is 0 Å². The summed E-state index contributed by atoms with van der Waals surface area (Å²) in [5, 5.41) is 0. The van der Waals surface area contributed by atoms with Gasteiger partial charge in [0.05, 0.1) is 0 Å². The van der Waals surface area contributed by atoms with Crippen LogP contribution < -0.4 is 0 Å². The first kappa shape index (κ1) is 8.25. The predicted octanol–water partition coefficient (Wildman–Crippen LogP) is 2.80. The van der Waals surface area contributed by atoms with Crippen molar-refractivity contribution in [2.45, 2.75) is 20.8 Å². The molecule has 11 heavy (non-hydrogen) atoms. The molecule has 0 saturated heterocycles. The van der Waals surface area contributed by atoms with Crippen molar-refractivity contribution in [1.29, 1.82) is 0 Å². The molecule has 1 aliphatic rings. The van der Waals surface area contributed by atoms with Crippen molar-refractivity contribution in [3.05, 3.63) is 23.9 Å². The Morgan fingerprint density at radius 1 is 1.36 bits per heavy atom. The second-order valence-electron chi connectivity index (χ2n) is 3.01. The second-order valence-corrected chi connectivity index (χ2v) is 3.01. The van der Waals surface area contributed by atoms with Gasteiger partial charge in [-0.25, -0.2) is 0 Å². The zero-order chi connectivity index (χ0) is 8.43. The SMILES string of the molecule is C=CC1=C(N=CC)C(C)C1C. The smallest absolute Gasteiger partial charge is 0.0468 e. The molecule has 0 N–H and O–H groups in total. The van der Waals surface area contributed by atoms with Crippen LogP contribution in [0, 0.1) is 11.8 Å². The van der Waals surface area contributed by atoms with Gasteiger partial charge in [0.2, 0.25) is 0 Å². The minimum atomic E-state index is 0.610. The number of rotatable bonds is 2. The van der Waals surface area contributed by atoms with Crippen molar-refractivity contribution in [3.8, 4) is 0 Å². The van der Waals surface area contributed by atoms with Gasteiger partial charge >= 0.3 is 0 Å². The second kappa shape index (κ2) is 3.04. The van der Waals surface area contributed by atoms with E-state index in [9.17, 15) is 0 Å². The maximum atomic E-state index is 4.30. The van der Waals surface area contributed by atoms with Gasteiger partial charge in [0.1, 0.15) is 0 Å². The fraction of sp³-hybridized carbons (Fsp3) is 0.500. The number of hydrogen-bond donors (Lipinski definition) is 0. The van der Waals surface area contributed by atoms with Crippen LogP contribution in [0.25, 0.3) is 0 Å². The number of nitrogens with zero attached hydrogens (tertiary/aromatic N) is 1. The van der Waals surface area contributed by atoms with Gasteiger partial charge in [0.15, 0.2) is 0 Å². The highest BCUT2D eigenvalue weighted by molar-refractivity contribution is 5.57. The average molecular weight is 149 g/mol. The van der Waals surface area contributed by atoms with Crippen molar-refractivity contribution >= 4 is 6.21 Å². The van der Waals surface area contributed by atoms with E-state index in [1.807, 2.05) is 19.2 Å². The Hall–Kier alpha value is -0.850. The van der Waals surface area contributed by atoms with Gasteiger partial charge in [0, 0.05) is 17.8 Å². The van der Waals surface area contributed by atoms with E-state index in [1.54, 1.807) is 0 Å². The topological polar surface area (TPSA) is 12.4 Å². The van der Waals surface area contributed by atoms with Gasteiger partial charge in [-0.3, -0.25) is 4.99 Å². The highest BCUT2D eigenvalue weighted by Gasteiger charge is 2.31. The first-order chi connectivity index (χ1) is 5.22. The van der Waals surface area contributed by atoms with Gasteiger partial charge in [-0.2, -0.15) is 0 Å². The first-order valence-corrected chi connectivity index (χ1v) is 4.07. The Bertz CT molecular complexity index is 223. The lowest BCUT2D eigenvalue weighted by Gasteiger charge is -2.33. The van der Waals surface area contributed by atoms with Crippen LogP contribution in [-0.4, -0.2) is 6.21 Å². The third kappa shape index (κ3) is 1.15. The van der Waals surface area contributed by atoms with Crippen LogP contribution in [0.15, 0.2) is 28.9 Å². The van der Waals surface area contributed by atoms with Crippen molar-refractivity contribution in [3.63, 3.8) is 0 Å². The van der Waals surface area contributed by atoms with Crippen LogP contribution in [-0.2, 0) is 0 Å².